The zero-order valence-electron chi connectivity index (χ0n) is 44.8. The molecule has 1 unspecified atom stereocenters. The van der Waals surface area contributed by atoms with Crippen LogP contribution in [0, 0.1) is 24.4 Å². The predicted molar refractivity (Wildman–Crippen MR) is 282 cm³/mol. The van der Waals surface area contributed by atoms with Gasteiger partial charge in [0, 0.05) is 44.5 Å². The number of aromatic nitrogens is 1. The Labute approximate surface area is 419 Å². The SMILES string of the molecule is CC(C)(C)c1cc(-c2ccccc2)c(C2C(c3[c-]ccc4c3oc3ccccc34)=Nc3ccccc32)c(-c2ccccc2)c1.[2H]C([2H])([2H])c1c[c-]c(-c2cc(C([2H])([2H])C(C)(C)C)c([Si](C)(C)C)cn2)cc1.[Ir]. The number of hydrogen-bond acceptors (Lipinski definition) is 3. The maximum atomic E-state index is 8.79. The van der Waals surface area contributed by atoms with Gasteiger partial charge in [-0.2, -0.15) is 0 Å². The van der Waals surface area contributed by atoms with Crippen molar-refractivity contribution in [2.24, 2.45) is 10.4 Å². The van der Waals surface area contributed by atoms with Gasteiger partial charge in [-0.15, -0.1) is 53.6 Å². The molecular weight excluding hydrogens is 1010 g/mol. The average molecular weight is 1070 g/mol. The van der Waals surface area contributed by atoms with Crippen LogP contribution in [0.3, 0.4) is 0 Å². The summed E-state index contributed by atoms with van der Waals surface area (Å²) < 4.78 is 46.6. The molecule has 1 atom stereocenters. The molecule has 0 spiro atoms. The van der Waals surface area contributed by atoms with Gasteiger partial charge in [0.1, 0.15) is 5.58 Å². The van der Waals surface area contributed by atoms with Gasteiger partial charge in [-0.3, -0.25) is 4.99 Å². The van der Waals surface area contributed by atoms with Gasteiger partial charge >= 0.3 is 0 Å². The third kappa shape index (κ3) is 10.0. The molecule has 1 aliphatic rings. The topological polar surface area (TPSA) is 38.4 Å². The van der Waals surface area contributed by atoms with Crippen molar-refractivity contribution in [3.05, 3.63) is 209 Å². The van der Waals surface area contributed by atoms with Gasteiger partial charge in [0.05, 0.1) is 19.3 Å². The number of benzene rings is 7. The number of furan rings is 1. The Bertz CT molecular complexity index is 3380. The van der Waals surface area contributed by atoms with E-state index in [1.807, 2.05) is 45.0 Å². The van der Waals surface area contributed by atoms with Gasteiger partial charge in [0.15, 0.2) is 0 Å². The molecule has 7 aromatic carbocycles. The quantitative estimate of drug-likeness (QED) is 0.118. The largest absolute Gasteiger partial charge is 0.501 e. The van der Waals surface area contributed by atoms with Crippen molar-refractivity contribution in [2.45, 2.75) is 85.7 Å². The van der Waals surface area contributed by atoms with E-state index < -0.39 is 26.7 Å². The predicted octanol–water partition coefficient (Wildman–Crippen LogP) is 16.3. The number of fused-ring (bicyclic) bond motifs is 4. The van der Waals surface area contributed by atoms with Crippen molar-refractivity contribution in [1.29, 1.82) is 0 Å². The van der Waals surface area contributed by atoms with Crippen molar-refractivity contribution < 1.29 is 31.4 Å². The summed E-state index contributed by atoms with van der Waals surface area (Å²) >= 11 is 0. The standard InChI is InChI=1S/C42H32NO.C20H28NSi.Ir/c1-42(2,3)29-25-34(27-15-6-4-7-16-27)38(35(26-29)28-17-8-5-9-18-28)39-32-20-10-12-23-36(32)43-40(39)33-22-14-21-31-30-19-11-13-24-37(30)44-41(31)33;1-15-8-10-16(11-9-15)18-12-17(13-20(2,3)4)19(14-21-18)22(5,6)7;/h4-21,23-26,39H,1-3H3;8-10,12,14H,13H2,1-7H3;/q2*-1;/i;1D3,13D2;. The molecule has 1 radical (unpaired) electrons. The van der Waals surface area contributed by atoms with Crippen LogP contribution >= 0.6 is 0 Å². The Balaban J connectivity index is 0.000000214. The molecule has 0 amide bonds. The molecule has 0 saturated heterocycles. The normalized spacial score (nSPS) is 15.2. The van der Waals surface area contributed by atoms with Crippen LogP contribution in [-0.2, 0) is 31.9 Å². The maximum absolute atomic E-state index is 8.79. The van der Waals surface area contributed by atoms with E-state index in [1.54, 1.807) is 18.3 Å². The third-order valence-corrected chi connectivity index (χ3v) is 14.2. The Kier molecular flexibility index (Phi) is 11.7. The van der Waals surface area contributed by atoms with Crippen molar-refractivity contribution in [1.82, 2.24) is 4.98 Å². The van der Waals surface area contributed by atoms with Gasteiger partial charge in [-0.25, -0.2) is 0 Å². The average Bonchev–Trinajstić information content (AvgIpc) is 3.92. The molecule has 1 aliphatic heterocycles. The Morgan fingerprint density at radius 3 is 1.97 bits per heavy atom. The molecule has 0 N–H and O–H groups in total. The monoisotopic (exact) mass is 1070 g/mol. The van der Waals surface area contributed by atoms with E-state index in [4.69, 9.17) is 16.3 Å². The molecule has 3 nitrogen and oxygen atoms in total. The number of rotatable bonds is 7. The van der Waals surface area contributed by atoms with E-state index in [1.165, 1.54) is 45.0 Å². The van der Waals surface area contributed by atoms with Crippen molar-refractivity contribution in [2.75, 3.05) is 0 Å². The summed E-state index contributed by atoms with van der Waals surface area (Å²) in [5.41, 5.74) is 14.7. The summed E-state index contributed by atoms with van der Waals surface area (Å²) in [4.78, 5) is 9.93. The summed E-state index contributed by atoms with van der Waals surface area (Å²) in [5, 5.41) is 3.20. The van der Waals surface area contributed by atoms with E-state index in [-0.39, 0.29) is 37.0 Å². The van der Waals surface area contributed by atoms with Crippen LogP contribution in [0.2, 0.25) is 19.6 Å². The maximum Gasteiger partial charge on any atom is 0.120 e. The first-order valence-corrected chi connectivity index (χ1v) is 26.3. The Morgan fingerprint density at radius 2 is 1.36 bits per heavy atom. The molecule has 2 aromatic heterocycles. The molecular formula is C62H60IrN2OSi-2. The van der Waals surface area contributed by atoms with Crippen molar-refractivity contribution in [3.8, 4) is 33.5 Å². The smallest absolute Gasteiger partial charge is 0.120 e. The summed E-state index contributed by atoms with van der Waals surface area (Å²) in [5.74, 6) is -0.124. The van der Waals surface area contributed by atoms with Crippen LogP contribution in [0.15, 0.2) is 173 Å². The van der Waals surface area contributed by atoms with Crippen LogP contribution in [0.1, 0.15) is 87.7 Å². The molecule has 10 rings (SSSR count). The van der Waals surface area contributed by atoms with E-state index in [2.05, 4.69) is 173 Å². The first kappa shape index (κ1) is 41.2. The second-order valence-electron chi connectivity index (χ2n) is 20.4. The molecule has 9 aromatic rings. The fourth-order valence-electron chi connectivity index (χ4n) is 8.95. The minimum Gasteiger partial charge on any atom is -0.501 e. The number of aryl methyl sites for hydroxylation is 1. The second kappa shape index (κ2) is 19.0. The van der Waals surface area contributed by atoms with E-state index >= 15 is 0 Å². The number of aliphatic imine (C=N–C) groups is 1. The number of hydrogen-bond donors (Lipinski definition) is 0. The first-order chi connectivity index (χ1) is 33.5. The van der Waals surface area contributed by atoms with Gasteiger partial charge in [0.2, 0.25) is 0 Å². The molecule has 0 fully saturated rings. The molecule has 0 bridgehead atoms. The van der Waals surface area contributed by atoms with Crippen LogP contribution in [0.25, 0.3) is 55.4 Å². The van der Waals surface area contributed by atoms with Crippen molar-refractivity contribution >= 4 is 46.6 Å². The summed E-state index contributed by atoms with van der Waals surface area (Å²) in [6.07, 6.45) is 0.269. The molecule has 339 valence electrons. The molecule has 5 heteroatoms. The number of para-hydroxylation sites is 2. The molecule has 67 heavy (non-hydrogen) atoms. The third-order valence-electron chi connectivity index (χ3n) is 12.2. The van der Waals surface area contributed by atoms with E-state index in [0.717, 1.165) is 44.1 Å². The van der Waals surface area contributed by atoms with Crippen LogP contribution in [0.4, 0.5) is 5.69 Å². The Hall–Kier alpha value is -5.97. The van der Waals surface area contributed by atoms with Crippen LogP contribution in [-0.4, -0.2) is 18.8 Å². The summed E-state index contributed by atoms with van der Waals surface area (Å²) in [6.45, 7) is 17.0. The number of nitrogens with zero attached hydrogens (tertiary/aromatic N) is 2. The zero-order chi connectivity index (χ0) is 50.7. The fraction of sp³-hybridized carbons (Fsp3) is 0.226. The first-order valence-electron chi connectivity index (χ1n) is 25.3. The van der Waals surface area contributed by atoms with Gasteiger partial charge in [-0.1, -0.05) is 200 Å². The minimum absolute atomic E-state index is 0. The summed E-state index contributed by atoms with van der Waals surface area (Å²) in [7, 11) is -1.81. The molecule has 0 saturated carbocycles. The number of pyridine rings is 1. The molecule has 3 heterocycles. The van der Waals surface area contributed by atoms with Gasteiger partial charge in [-0.05, 0) is 84.9 Å². The zero-order valence-corrected chi connectivity index (χ0v) is 43.2. The van der Waals surface area contributed by atoms with Crippen LogP contribution in [0.5, 0.6) is 0 Å². The second-order valence-corrected chi connectivity index (χ2v) is 25.4. The summed E-state index contributed by atoms with van der Waals surface area (Å²) in [6, 6.07) is 60.5. The minimum atomic E-state index is -2.17. The fourth-order valence-corrected chi connectivity index (χ4v) is 10.3. The van der Waals surface area contributed by atoms with Crippen molar-refractivity contribution in [3.63, 3.8) is 0 Å². The van der Waals surface area contributed by atoms with E-state index in [0.29, 0.717) is 16.8 Å². The van der Waals surface area contributed by atoms with Gasteiger partial charge in [0.25, 0.3) is 0 Å². The van der Waals surface area contributed by atoms with E-state index in [9.17, 15) is 0 Å². The Morgan fingerprint density at radius 1 is 0.716 bits per heavy atom. The molecule has 0 aliphatic carbocycles. The van der Waals surface area contributed by atoms with Gasteiger partial charge < -0.3 is 9.40 Å². The van der Waals surface area contributed by atoms with Crippen LogP contribution < -0.4 is 5.19 Å².